The van der Waals surface area contributed by atoms with Crippen molar-refractivity contribution in [1.29, 1.82) is 0 Å². The second kappa shape index (κ2) is 6.36. The third-order valence-electron chi connectivity index (χ3n) is 4.44. The van der Waals surface area contributed by atoms with Crippen LogP contribution in [0.1, 0.15) is 65.7 Å². The minimum Gasteiger partial charge on any atom is -0.258 e. The molecule has 1 aliphatic carbocycles. The van der Waals surface area contributed by atoms with Crippen LogP contribution in [0.4, 0.5) is 0 Å². The summed E-state index contributed by atoms with van der Waals surface area (Å²) in [6.07, 6.45) is 13.6. The van der Waals surface area contributed by atoms with E-state index in [2.05, 4.69) is 32.9 Å². The molecule has 0 aromatic carbocycles. The van der Waals surface area contributed by atoms with E-state index in [-0.39, 0.29) is 0 Å². The van der Waals surface area contributed by atoms with Crippen molar-refractivity contribution in [2.24, 2.45) is 16.8 Å². The van der Waals surface area contributed by atoms with Gasteiger partial charge in [0.15, 0.2) is 0 Å². The zero-order valence-electron chi connectivity index (χ0n) is 12.2. The molecule has 1 heterocycles. The quantitative estimate of drug-likeness (QED) is 0.638. The van der Waals surface area contributed by atoms with Crippen LogP contribution in [0.15, 0.2) is 28.4 Å². The molecule has 2 aliphatic rings. The smallest absolute Gasteiger partial charge is 0.0435 e. The molecule has 0 bridgehead atoms. The van der Waals surface area contributed by atoms with Gasteiger partial charge in [-0.15, -0.1) is 0 Å². The van der Waals surface area contributed by atoms with Crippen LogP contribution in [0.2, 0.25) is 0 Å². The van der Waals surface area contributed by atoms with Crippen LogP contribution in [-0.4, -0.2) is 5.71 Å². The Morgan fingerprint density at radius 3 is 2.89 bits per heavy atom. The van der Waals surface area contributed by atoms with Crippen molar-refractivity contribution >= 4 is 5.71 Å². The molecule has 1 aliphatic heterocycles. The fourth-order valence-corrected chi connectivity index (χ4v) is 3.06. The molecule has 0 spiro atoms. The molecule has 2 atom stereocenters. The lowest BCUT2D eigenvalue weighted by atomic mass is 9.81. The predicted molar refractivity (Wildman–Crippen MR) is 79.9 cm³/mol. The van der Waals surface area contributed by atoms with E-state index in [4.69, 9.17) is 4.99 Å². The predicted octanol–water partition coefficient (Wildman–Crippen LogP) is 5.29. The van der Waals surface area contributed by atoms with Crippen LogP contribution in [0, 0.1) is 11.8 Å². The Morgan fingerprint density at radius 1 is 1.33 bits per heavy atom. The summed E-state index contributed by atoms with van der Waals surface area (Å²) < 4.78 is 0. The highest BCUT2D eigenvalue weighted by molar-refractivity contribution is 6.01. The first-order valence-electron chi connectivity index (χ1n) is 7.71. The van der Waals surface area contributed by atoms with Gasteiger partial charge in [-0.1, -0.05) is 45.8 Å². The third-order valence-corrected chi connectivity index (χ3v) is 4.44. The van der Waals surface area contributed by atoms with Crippen LogP contribution < -0.4 is 0 Å². The van der Waals surface area contributed by atoms with Crippen molar-refractivity contribution < 1.29 is 0 Å². The summed E-state index contributed by atoms with van der Waals surface area (Å²) in [5.74, 6) is 1.52. The van der Waals surface area contributed by atoms with Crippen molar-refractivity contribution in [2.75, 3.05) is 0 Å². The SMILES string of the molecule is CCCC1CCC2=NC(C(C)CC)=CCC=C2C1. The zero-order chi connectivity index (χ0) is 13.0. The normalized spacial score (nSPS) is 25.5. The van der Waals surface area contributed by atoms with Gasteiger partial charge < -0.3 is 0 Å². The monoisotopic (exact) mass is 245 g/mol. The summed E-state index contributed by atoms with van der Waals surface area (Å²) >= 11 is 0. The van der Waals surface area contributed by atoms with Crippen LogP contribution in [0.5, 0.6) is 0 Å². The molecule has 1 nitrogen and oxygen atoms in total. The summed E-state index contributed by atoms with van der Waals surface area (Å²) in [7, 11) is 0. The van der Waals surface area contributed by atoms with Gasteiger partial charge in [-0.25, -0.2) is 0 Å². The Labute approximate surface area is 112 Å². The lowest BCUT2D eigenvalue weighted by Gasteiger charge is -2.25. The summed E-state index contributed by atoms with van der Waals surface area (Å²) in [5.41, 5.74) is 4.27. The first-order chi connectivity index (χ1) is 8.74. The van der Waals surface area contributed by atoms with Crippen LogP contribution in [-0.2, 0) is 0 Å². The van der Waals surface area contributed by atoms with Crippen molar-refractivity contribution in [3.05, 3.63) is 23.4 Å². The van der Waals surface area contributed by atoms with E-state index < -0.39 is 0 Å². The Balaban J connectivity index is 2.10. The number of hydrogen-bond acceptors (Lipinski definition) is 1. The van der Waals surface area contributed by atoms with Crippen molar-refractivity contribution in [3.8, 4) is 0 Å². The number of hydrogen-bond donors (Lipinski definition) is 0. The van der Waals surface area contributed by atoms with Gasteiger partial charge in [0.05, 0.1) is 0 Å². The molecule has 0 aromatic heterocycles. The maximum atomic E-state index is 4.97. The molecule has 0 radical (unpaired) electrons. The van der Waals surface area contributed by atoms with Gasteiger partial charge >= 0.3 is 0 Å². The van der Waals surface area contributed by atoms with Gasteiger partial charge in [-0.3, -0.25) is 4.99 Å². The van der Waals surface area contributed by atoms with E-state index >= 15 is 0 Å². The van der Waals surface area contributed by atoms with E-state index in [0.29, 0.717) is 5.92 Å². The first kappa shape index (κ1) is 13.6. The number of aliphatic imine (C=N–C) groups is 1. The maximum absolute atomic E-state index is 4.97. The minimum atomic E-state index is 0.610. The summed E-state index contributed by atoms with van der Waals surface area (Å²) in [6, 6.07) is 0. The summed E-state index contributed by atoms with van der Waals surface area (Å²) in [6.45, 7) is 6.85. The average molecular weight is 245 g/mol. The fraction of sp³-hybridized carbons (Fsp3) is 0.706. The zero-order valence-corrected chi connectivity index (χ0v) is 12.2. The molecule has 0 amide bonds. The van der Waals surface area contributed by atoms with E-state index in [1.807, 2.05) is 0 Å². The number of rotatable bonds is 4. The van der Waals surface area contributed by atoms with Gasteiger partial charge in [0.25, 0.3) is 0 Å². The van der Waals surface area contributed by atoms with Gasteiger partial charge in [0.1, 0.15) is 0 Å². The highest BCUT2D eigenvalue weighted by Crippen LogP contribution is 2.33. The Kier molecular flexibility index (Phi) is 4.79. The lowest BCUT2D eigenvalue weighted by molar-refractivity contribution is 0.439. The molecule has 0 saturated heterocycles. The first-order valence-corrected chi connectivity index (χ1v) is 7.71. The molecule has 1 fully saturated rings. The lowest BCUT2D eigenvalue weighted by Crippen LogP contribution is -2.17. The Bertz CT molecular complexity index is 373. The maximum Gasteiger partial charge on any atom is 0.0435 e. The largest absolute Gasteiger partial charge is 0.258 e. The van der Waals surface area contributed by atoms with Gasteiger partial charge in [-0.2, -0.15) is 0 Å². The van der Waals surface area contributed by atoms with Crippen molar-refractivity contribution in [2.45, 2.75) is 65.7 Å². The highest BCUT2D eigenvalue weighted by Gasteiger charge is 2.22. The standard InChI is InChI=1S/C17H27N/c1-4-7-14-10-11-17-15(12-14)8-6-9-16(18-17)13(3)5-2/h8-9,13-14H,4-7,10-12H2,1-3H3. The average Bonchev–Trinajstić information content (AvgIpc) is 2.60. The minimum absolute atomic E-state index is 0.610. The van der Waals surface area contributed by atoms with E-state index in [1.165, 1.54) is 49.9 Å². The molecule has 1 heteroatoms. The second-order valence-electron chi connectivity index (χ2n) is 5.86. The Hall–Kier alpha value is -0.850. The van der Waals surface area contributed by atoms with Gasteiger partial charge in [0, 0.05) is 11.4 Å². The second-order valence-corrected chi connectivity index (χ2v) is 5.86. The van der Waals surface area contributed by atoms with Crippen LogP contribution >= 0.6 is 0 Å². The topological polar surface area (TPSA) is 12.4 Å². The molecular formula is C17H27N. The molecule has 100 valence electrons. The third kappa shape index (κ3) is 3.13. The fourth-order valence-electron chi connectivity index (χ4n) is 3.06. The molecule has 0 N–H and O–H groups in total. The van der Waals surface area contributed by atoms with Crippen LogP contribution in [0.3, 0.4) is 0 Å². The van der Waals surface area contributed by atoms with Crippen molar-refractivity contribution in [1.82, 2.24) is 0 Å². The van der Waals surface area contributed by atoms with E-state index in [0.717, 1.165) is 12.3 Å². The van der Waals surface area contributed by atoms with Crippen molar-refractivity contribution in [3.63, 3.8) is 0 Å². The molecule has 2 unspecified atom stereocenters. The number of nitrogens with zero attached hydrogens (tertiary/aromatic N) is 1. The Morgan fingerprint density at radius 2 is 2.17 bits per heavy atom. The van der Waals surface area contributed by atoms with E-state index in [9.17, 15) is 0 Å². The molecular weight excluding hydrogens is 218 g/mol. The molecule has 18 heavy (non-hydrogen) atoms. The molecule has 2 rings (SSSR count). The summed E-state index contributed by atoms with van der Waals surface area (Å²) in [5, 5.41) is 0. The summed E-state index contributed by atoms with van der Waals surface area (Å²) in [4.78, 5) is 4.97. The van der Waals surface area contributed by atoms with Gasteiger partial charge in [0.2, 0.25) is 0 Å². The molecule has 1 saturated carbocycles. The highest BCUT2D eigenvalue weighted by atomic mass is 14.8. The van der Waals surface area contributed by atoms with Crippen LogP contribution in [0.25, 0.3) is 0 Å². The van der Waals surface area contributed by atoms with Gasteiger partial charge in [-0.05, 0) is 49.5 Å². The van der Waals surface area contributed by atoms with E-state index in [1.54, 1.807) is 5.57 Å². The number of fused-ring (bicyclic) bond motifs is 1. The number of allylic oxidation sites excluding steroid dienone is 4. The molecule has 0 aromatic rings.